The highest BCUT2D eigenvalue weighted by Gasteiger charge is 2.13. The second-order valence-corrected chi connectivity index (χ2v) is 7.31. The first-order chi connectivity index (χ1) is 15.3. The van der Waals surface area contributed by atoms with Gasteiger partial charge in [0.15, 0.2) is 11.5 Å². The summed E-state index contributed by atoms with van der Waals surface area (Å²) in [6.45, 7) is 6.31. The lowest BCUT2D eigenvalue weighted by molar-refractivity contribution is 0.0846. The minimum atomic E-state index is -0.530. The van der Waals surface area contributed by atoms with E-state index in [1.54, 1.807) is 36.4 Å². The fourth-order valence-electron chi connectivity index (χ4n) is 2.68. The van der Waals surface area contributed by atoms with Crippen LogP contribution in [0.4, 0.5) is 10.5 Å². The maximum Gasteiger partial charge on any atom is 0.319 e. The van der Waals surface area contributed by atoms with Crippen molar-refractivity contribution < 1.29 is 23.9 Å². The molecular formula is C23H30N4O5. The number of rotatable bonds is 9. The van der Waals surface area contributed by atoms with Crippen molar-refractivity contribution in [1.29, 1.82) is 0 Å². The Labute approximate surface area is 187 Å². The molecule has 0 radical (unpaired) electrons. The zero-order valence-corrected chi connectivity index (χ0v) is 18.8. The summed E-state index contributed by atoms with van der Waals surface area (Å²) in [6.07, 6.45) is 1.92. The molecule has 4 N–H and O–H groups in total. The average Bonchev–Trinajstić information content (AvgIpc) is 2.77. The van der Waals surface area contributed by atoms with Crippen molar-refractivity contribution in [1.82, 2.24) is 16.2 Å². The van der Waals surface area contributed by atoms with Crippen LogP contribution in [0.5, 0.6) is 11.5 Å². The Morgan fingerprint density at radius 3 is 2.25 bits per heavy atom. The summed E-state index contributed by atoms with van der Waals surface area (Å²) in [5.74, 6) is -0.0639. The number of amides is 4. The largest absolute Gasteiger partial charge is 0.493 e. The molecule has 4 amide bonds. The lowest BCUT2D eigenvalue weighted by Crippen LogP contribution is -2.41. The van der Waals surface area contributed by atoms with Gasteiger partial charge in [-0.05, 0) is 56.7 Å². The predicted octanol–water partition coefficient (Wildman–Crippen LogP) is 3.48. The van der Waals surface area contributed by atoms with Gasteiger partial charge in [0, 0.05) is 22.9 Å². The van der Waals surface area contributed by atoms with Gasteiger partial charge in [-0.3, -0.25) is 20.4 Å². The first kappa shape index (κ1) is 24.5. The lowest BCUT2D eigenvalue weighted by atomic mass is 10.2. The molecule has 9 nitrogen and oxygen atoms in total. The van der Waals surface area contributed by atoms with Crippen molar-refractivity contribution in [2.24, 2.45) is 0 Å². The Morgan fingerprint density at radius 2 is 1.62 bits per heavy atom. The van der Waals surface area contributed by atoms with Gasteiger partial charge in [-0.2, -0.15) is 0 Å². The maximum absolute atomic E-state index is 12.4. The zero-order chi connectivity index (χ0) is 23.5. The minimum Gasteiger partial charge on any atom is -0.493 e. The van der Waals surface area contributed by atoms with E-state index in [9.17, 15) is 14.4 Å². The molecule has 0 aliphatic rings. The third-order valence-electron chi connectivity index (χ3n) is 4.27. The molecule has 2 aromatic carbocycles. The van der Waals surface area contributed by atoms with Crippen LogP contribution in [0, 0.1) is 0 Å². The summed E-state index contributed by atoms with van der Waals surface area (Å²) in [5.41, 5.74) is 5.75. The van der Waals surface area contributed by atoms with Gasteiger partial charge in [-0.25, -0.2) is 4.79 Å². The molecule has 0 aromatic heterocycles. The predicted molar refractivity (Wildman–Crippen MR) is 122 cm³/mol. The van der Waals surface area contributed by atoms with Crippen molar-refractivity contribution in [3.63, 3.8) is 0 Å². The minimum absolute atomic E-state index is 0.0210. The van der Waals surface area contributed by atoms with Gasteiger partial charge in [0.2, 0.25) is 0 Å². The summed E-state index contributed by atoms with van der Waals surface area (Å²) in [4.78, 5) is 36.7. The first-order valence-corrected chi connectivity index (χ1v) is 10.4. The Kier molecular flexibility index (Phi) is 9.34. The average molecular weight is 443 g/mol. The number of unbranched alkanes of at least 4 members (excludes halogenated alkanes) is 1. The first-order valence-electron chi connectivity index (χ1n) is 10.4. The molecule has 0 heterocycles. The molecule has 2 rings (SSSR count). The summed E-state index contributed by atoms with van der Waals surface area (Å²) < 4.78 is 11.0. The van der Waals surface area contributed by atoms with E-state index in [0.717, 1.165) is 12.8 Å². The second-order valence-electron chi connectivity index (χ2n) is 7.31. The van der Waals surface area contributed by atoms with Gasteiger partial charge in [0.05, 0.1) is 13.7 Å². The molecule has 32 heavy (non-hydrogen) atoms. The monoisotopic (exact) mass is 442 g/mol. The fourth-order valence-corrected chi connectivity index (χ4v) is 2.68. The number of carbonyl (C=O) groups is 3. The molecule has 2 aromatic rings. The van der Waals surface area contributed by atoms with Crippen LogP contribution >= 0.6 is 0 Å². The van der Waals surface area contributed by atoms with E-state index in [-0.39, 0.29) is 17.6 Å². The number of benzene rings is 2. The van der Waals surface area contributed by atoms with Crippen LogP contribution in [-0.2, 0) is 0 Å². The van der Waals surface area contributed by atoms with Gasteiger partial charge in [-0.15, -0.1) is 0 Å². The smallest absolute Gasteiger partial charge is 0.319 e. The fraction of sp³-hybridized carbons (Fsp3) is 0.348. The van der Waals surface area contributed by atoms with Crippen LogP contribution in [-0.4, -0.2) is 37.6 Å². The number of methoxy groups -OCH3 is 1. The molecule has 0 aliphatic heterocycles. The number of hydrazine groups is 1. The highest BCUT2D eigenvalue weighted by atomic mass is 16.5. The van der Waals surface area contributed by atoms with E-state index in [2.05, 4.69) is 28.4 Å². The van der Waals surface area contributed by atoms with Crippen LogP contribution in [0.3, 0.4) is 0 Å². The van der Waals surface area contributed by atoms with E-state index >= 15 is 0 Å². The van der Waals surface area contributed by atoms with Crippen LogP contribution in [0.2, 0.25) is 0 Å². The van der Waals surface area contributed by atoms with E-state index in [1.165, 1.54) is 13.2 Å². The molecule has 0 saturated heterocycles. The Bertz CT molecular complexity index is 946. The van der Waals surface area contributed by atoms with Gasteiger partial charge >= 0.3 is 6.03 Å². The summed E-state index contributed by atoms with van der Waals surface area (Å²) in [6, 6.07) is 10.8. The normalized spacial score (nSPS) is 10.3. The van der Waals surface area contributed by atoms with E-state index < -0.39 is 11.8 Å². The number of nitrogens with one attached hydrogen (secondary N) is 4. The lowest BCUT2D eigenvalue weighted by Gasteiger charge is -2.13. The van der Waals surface area contributed by atoms with Gasteiger partial charge < -0.3 is 20.1 Å². The molecule has 0 aliphatic carbocycles. The quantitative estimate of drug-likeness (QED) is 0.350. The van der Waals surface area contributed by atoms with Crippen LogP contribution < -0.4 is 31.0 Å². The number of carbonyl (C=O) groups excluding carboxylic acids is 3. The third-order valence-corrected chi connectivity index (χ3v) is 4.27. The Hall–Kier alpha value is -3.75. The number of hydrogen-bond acceptors (Lipinski definition) is 5. The van der Waals surface area contributed by atoms with Crippen molar-refractivity contribution in [3.8, 4) is 11.5 Å². The standard InChI is InChI=1S/C23H30N4O5/c1-5-6-12-32-19-11-10-17(14-20(19)31-4)22(29)27-26-21(28)16-8-7-9-18(13-16)25-23(30)24-15(2)3/h7-11,13-15H,5-6,12H2,1-4H3,(H,26,28)(H,27,29)(H2,24,25,30). The van der Waals surface area contributed by atoms with Crippen LogP contribution in [0.1, 0.15) is 54.3 Å². The highest BCUT2D eigenvalue weighted by Crippen LogP contribution is 2.28. The molecule has 172 valence electrons. The molecule has 0 atom stereocenters. The second kappa shape index (κ2) is 12.2. The van der Waals surface area contributed by atoms with E-state index in [4.69, 9.17) is 9.47 Å². The number of urea groups is 1. The Morgan fingerprint density at radius 1 is 0.938 bits per heavy atom. The molecule has 9 heteroatoms. The van der Waals surface area contributed by atoms with Crippen LogP contribution in [0.15, 0.2) is 42.5 Å². The van der Waals surface area contributed by atoms with Gasteiger partial charge in [0.1, 0.15) is 0 Å². The van der Waals surface area contributed by atoms with Crippen molar-refractivity contribution in [2.75, 3.05) is 19.0 Å². The molecule has 0 spiro atoms. The summed E-state index contributed by atoms with van der Waals surface area (Å²) >= 11 is 0. The van der Waals surface area contributed by atoms with Crippen molar-refractivity contribution >= 4 is 23.5 Å². The van der Waals surface area contributed by atoms with Crippen molar-refractivity contribution in [2.45, 2.75) is 39.7 Å². The molecule has 0 bridgehead atoms. The molecular weight excluding hydrogens is 412 g/mol. The summed E-state index contributed by atoms with van der Waals surface area (Å²) in [5, 5.41) is 5.35. The molecule has 0 unspecified atom stereocenters. The topological polar surface area (TPSA) is 118 Å². The zero-order valence-electron chi connectivity index (χ0n) is 18.8. The highest BCUT2D eigenvalue weighted by molar-refractivity contribution is 6.00. The number of hydrogen-bond donors (Lipinski definition) is 4. The third kappa shape index (κ3) is 7.50. The molecule has 0 saturated carbocycles. The van der Waals surface area contributed by atoms with Crippen LogP contribution in [0.25, 0.3) is 0 Å². The van der Waals surface area contributed by atoms with Crippen molar-refractivity contribution in [3.05, 3.63) is 53.6 Å². The van der Waals surface area contributed by atoms with Gasteiger partial charge in [0.25, 0.3) is 11.8 Å². The van der Waals surface area contributed by atoms with E-state index in [0.29, 0.717) is 29.4 Å². The summed E-state index contributed by atoms with van der Waals surface area (Å²) in [7, 11) is 1.49. The number of ether oxygens (including phenoxy) is 2. The van der Waals surface area contributed by atoms with Gasteiger partial charge in [-0.1, -0.05) is 19.4 Å². The maximum atomic E-state index is 12.4. The Balaban J connectivity index is 1.97. The number of anilines is 1. The van der Waals surface area contributed by atoms with E-state index in [1.807, 2.05) is 13.8 Å². The SMILES string of the molecule is CCCCOc1ccc(C(=O)NNC(=O)c2cccc(NC(=O)NC(C)C)c2)cc1OC. The molecule has 0 fully saturated rings.